The zero-order valence-electron chi connectivity index (χ0n) is 46.3. The van der Waals surface area contributed by atoms with E-state index >= 15 is 0 Å². The first-order valence-electron chi connectivity index (χ1n) is 23.4. The van der Waals surface area contributed by atoms with Crippen LogP contribution in [-0.2, 0) is 0 Å². The summed E-state index contributed by atoms with van der Waals surface area (Å²) in [5.41, 5.74) is 4.36. The van der Waals surface area contributed by atoms with Crippen molar-refractivity contribution < 1.29 is 95.8 Å². The maximum Gasteiger partial charge on any atom is 1.00 e. The zero-order valence-corrected chi connectivity index (χ0v) is 51.0. The molecule has 9 aromatic rings. The van der Waals surface area contributed by atoms with Gasteiger partial charge in [0.05, 0.1) is 60.2 Å². The molecule has 0 saturated carbocycles. The number of carboxylic acid groups (broad SMARTS) is 4. The number of nitrogen functional groups attached to an aromatic ring is 1. The fourth-order valence-corrected chi connectivity index (χ4v) is 6.62. The molecule has 0 aliphatic rings. The maximum atomic E-state index is 12.7. The van der Waals surface area contributed by atoms with E-state index < -0.39 is 46.8 Å². The SMILES string of the molecule is Br.C.CNC(=O)c1cnc(Nc2ccc(F)cn2)cc1Cl.COc1cc(Cl)ncc1C(=O)O.COc1cc(Nc2ccc(F)cn2)ncc1C(=O)O.Nc1ccc(F)cn1.O=C(O)c1c[nH]c(Nc2ccc(F)cn2)cc1=O.O=C(O)c1cnc(Cl)cc1Cl.[Li+].[OH-]. The van der Waals surface area contributed by atoms with Crippen LogP contribution >= 0.6 is 63.4 Å². The topological polar surface area (TPSA) is 425 Å². The van der Waals surface area contributed by atoms with Gasteiger partial charge in [-0.15, -0.1) is 17.0 Å². The molecule has 0 atom stereocenters. The maximum absolute atomic E-state index is 12.7. The summed E-state index contributed by atoms with van der Waals surface area (Å²) >= 11 is 22.4. The number of carbonyl (C=O) groups is 5. The number of rotatable bonds is 13. The Kier molecular flexibility index (Phi) is 36.3. The van der Waals surface area contributed by atoms with Gasteiger partial charge in [-0.1, -0.05) is 53.8 Å². The van der Waals surface area contributed by atoms with Gasteiger partial charge in [-0.2, -0.15) is 0 Å². The Morgan fingerprint density at radius 3 is 1.24 bits per heavy atom. The summed E-state index contributed by atoms with van der Waals surface area (Å²) in [6.07, 6.45) is 10.1. The number of nitrogens with two attached hydrogens (primary N) is 1. The van der Waals surface area contributed by atoms with E-state index in [9.17, 15) is 46.3 Å². The predicted octanol–water partition coefficient (Wildman–Crippen LogP) is 8.16. The van der Waals surface area contributed by atoms with Crippen LogP contribution in [0.25, 0.3) is 0 Å². The van der Waals surface area contributed by atoms with E-state index in [0.717, 1.165) is 49.4 Å². The number of anilines is 7. The molecule has 91 heavy (non-hydrogen) atoms. The minimum atomic E-state index is -1.30. The van der Waals surface area contributed by atoms with Crippen LogP contribution in [0.2, 0.25) is 20.4 Å². The molecule has 0 spiro atoms. The van der Waals surface area contributed by atoms with Gasteiger partial charge >= 0.3 is 42.7 Å². The molecular weight excluding hydrogens is 1360 g/mol. The fourth-order valence-electron chi connectivity index (χ4n) is 5.79. The van der Waals surface area contributed by atoms with Gasteiger partial charge in [-0.25, -0.2) is 76.6 Å². The summed E-state index contributed by atoms with van der Waals surface area (Å²) in [7, 11) is 4.24. The van der Waals surface area contributed by atoms with Crippen molar-refractivity contribution in [3.05, 3.63) is 216 Å². The smallest absolute Gasteiger partial charge is 0.870 e. The van der Waals surface area contributed by atoms with Crippen LogP contribution in [0.15, 0.2) is 139 Å². The Balaban J connectivity index is 0.00000108. The summed E-state index contributed by atoms with van der Waals surface area (Å²) in [4.78, 5) is 97.8. The Morgan fingerprint density at radius 1 is 0.495 bits per heavy atom. The summed E-state index contributed by atoms with van der Waals surface area (Å²) in [6.45, 7) is 0. The van der Waals surface area contributed by atoms with E-state index in [4.69, 9.17) is 82.0 Å². The first-order valence-corrected chi connectivity index (χ1v) is 24.9. The van der Waals surface area contributed by atoms with Crippen molar-refractivity contribution in [1.29, 1.82) is 0 Å². The van der Waals surface area contributed by atoms with Gasteiger partial charge in [0, 0.05) is 62.3 Å². The van der Waals surface area contributed by atoms with Crippen LogP contribution < -0.4 is 60.8 Å². The van der Waals surface area contributed by atoms with E-state index in [-0.39, 0.29) is 126 Å². The summed E-state index contributed by atoms with van der Waals surface area (Å²) < 4.78 is 59.7. The third-order valence-electron chi connectivity index (χ3n) is 9.83. The van der Waals surface area contributed by atoms with Crippen molar-refractivity contribution in [2.24, 2.45) is 0 Å². The molecular formula is C54H48BrCl4F4LiN14O13. The van der Waals surface area contributed by atoms with Crippen LogP contribution in [0.1, 0.15) is 59.2 Å². The van der Waals surface area contributed by atoms with Gasteiger partial charge in [-0.3, -0.25) is 9.59 Å². The zero-order chi connectivity index (χ0) is 64.3. The molecule has 27 nitrogen and oxygen atoms in total. The minimum Gasteiger partial charge on any atom is -0.870 e. The number of carbonyl (C=O) groups excluding carboxylic acids is 1. The standard InChI is InChI=1S/C12H10ClFN4O.C12H10FN3O3.C11H8FN3O3.C7H6ClNO3.C6H3Cl2NO2.C5H5FN2.CH4.BrH.Li.H2O/c1-15-12(19)8-6-17-11(4-9(8)13)18-10-3-2-7(14)5-16-10;1-19-9-4-11(15-6-8(9)12(17)18)16-10-3-2-7(13)5-14-10;12-6-1-2-9(13-4-6)15-10-3-8(16)7(5-14-10)11(17)18;1-12-5-2-6(8)9-3-4(5)7(10)11;7-4-1-5(8)9-2-3(4)6(10)11;6-4-1-2-5(7)8-3-4;;;;/h2-6H,1H3,(H,15,19)(H,16,17,18);2-6H,1H3,(H,17,18)(H,14,15,16);1-5H,(H,17,18)(H2,13,14,15,16);2-3H,1H3,(H,10,11);1-2H,(H,10,11);1-3H,(H2,7,8);1H4;1H;;1H2/q;;;;;;;;+1;/p-1. The van der Waals surface area contributed by atoms with E-state index in [2.05, 4.69) is 66.1 Å². The Morgan fingerprint density at radius 2 is 0.868 bits per heavy atom. The number of pyridine rings is 9. The summed E-state index contributed by atoms with van der Waals surface area (Å²) in [6, 6.07) is 17.4. The van der Waals surface area contributed by atoms with Crippen LogP contribution in [0.5, 0.6) is 11.5 Å². The molecule has 0 aliphatic heterocycles. The number of carboxylic acids is 4. The Labute approximate surface area is 554 Å². The van der Waals surface area contributed by atoms with Gasteiger partial charge in [0.2, 0.25) is 0 Å². The fraction of sp³-hybridized carbons (Fsp3) is 0.0741. The van der Waals surface area contributed by atoms with Crippen LogP contribution in [0.4, 0.5) is 58.3 Å². The normalized spacial score (nSPS) is 9.40. The second-order valence-electron chi connectivity index (χ2n) is 15.8. The molecule has 0 fully saturated rings. The van der Waals surface area contributed by atoms with Crippen LogP contribution in [0.3, 0.4) is 0 Å². The molecule has 0 unspecified atom stereocenters. The monoisotopic (exact) mass is 1400 g/mol. The van der Waals surface area contributed by atoms with Crippen molar-refractivity contribution in [3.8, 4) is 11.5 Å². The number of amides is 1. The third kappa shape index (κ3) is 27.7. The van der Waals surface area contributed by atoms with Crippen molar-refractivity contribution >= 4 is 134 Å². The number of nitrogens with one attached hydrogen (secondary N) is 5. The van der Waals surface area contributed by atoms with Gasteiger partial charge in [0.25, 0.3) is 5.91 Å². The van der Waals surface area contributed by atoms with Gasteiger partial charge < -0.3 is 67.4 Å². The predicted molar refractivity (Wildman–Crippen MR) is 328 cm³/mol. The minimum absolute atomic E-state index is 0. The number of H-pyrrole nitrogens is 1. The third-order valence-corrected chi connectivity index (χ3v) is 10.9. The van der Waals surface area contributed by atoms with E-state index in [0.29, 0.717) is 34.9 Å². The number of hydrogen-bond donors (Lipinski definition) is 10. The largest absolute Gasteiger partial charge is 1.00 e. The number of ether oxygens (including phenoxy) is 2. The molecule has 0 radical (unpaired) electrons. The number of nitrogens with zero attached hydrogens (tertiary/aromatic N) is 8. The number of halogens is 9. The molecule has 12 N–H and O–H groups in total. The molecule has 0 aromatic carbocycles. The van der Waals surface area contributed by atoms with Crippen molar-refractivity contribution in [3.63, 3.8) is 0 Å². The van der Waals surface area contributed by atoms with Crippen LogP contribution in [0, 0.1) is 23.3 Å². The first kappa shape index (κ1) is 81.2. The number of aromatic carboxylic acids is 4. The first-order chi connectivity index (χ1) is 41.3. The molecule has 0 bridgehead atoms. The average molecular weight is 1410 g/mol. The Hall–Kier alpha value is -9.78. The second kappa shape index (κ2) is 40.7. The molecule has 9 rings (SSSR count). The van der Waals surface area contributed by atoms with Gasteiger partial charge in [-0.05, 0) is 54.6 Å². The Bertz CT molecular complexity index is 3890. The van der Waals surface area contributed by atoms with Crippen molar-refractivity contribution in [2.45, 2.75) is 7.43 Å². The molecule has 9 aromatic heterocycles. The molecule has 0 saturated heterocycles. The van der Waals surface area contributed by atoms with Crippen molar-refractivity contribution in [2.75, 3.05) is 43.0 Å². The number of hydrogen-bond acceptors (Lipinski definition) is 21. The van der Waals surface area contributed by atoms with Gasteiger partial charge in [0.15, 0.2) is 5.43 Å². The van der Waals surface area contributed by atoms with E-state index in [1.807, 2.05) is 0 Å². The number of aromatic amines is 1. The molecule has 476 valence electrons. The summed E-state index contributed by atoms with van der Waals surface area (Å²) in [5.74, 6) is -3.76. The van der Waals surface area contributed by atoms with Crippen molar-refractivity contribution in [1.82, 2.24) is 50.2 Å². The molecule has 9 heterocycles. The van der Waals surface area contributed by atoms with E-state index in [1.165, 1.54) is 106 Å². The average Bonchev–Trinajstić information content (AvgIpc) is 2.45. The van der Waals surface area contributed by atoms with Gasteiger partial charge in [0.1, 0.15) is 102 Å². The number of methoxy groups -OCH3 is 2. The quantitative estimate of drug-likeness (QED) is 0.0295. The molecule has 1 amide bonds. The molecule has 37 heteroatoms. The molecule has 0 aliphatic carbocycles. The summed E-state index contributed by atoms with van der Waals surface area (Å²) in [5, 5.41) is 46.3. The second-order valence-corrected chi connectivity index (χ2v) is 17.4. The number of aromatic nitrogens is 9. The van der Waals surface area contributed by atoms with Crippen LogP contribution in [-0.4, -0.2) is 122 Å². The van der Waals surface area contributed by atoms with E-state index in [1.54, 1.807) is 0 Å².